The van der Waals surface area contributed by atoms with Crippen LogP contribution < -0.4 is 10.5 Å². The van der Waals surface area contributed by atoms with E-state index in [2.05, 4.69) is 0 Å². The first-order valence-electron chi connectivity index (χ1n) is 12.7. The highest BCUT2D eigenvalue weighted by molar-refractivity contribution is 5.81. The molecule has 1 unspecified atom stereocenters. The Bertz CT molecular complexity index is 888. The van der Waals surface area contributed by atoms with E-state index in [1.165, 1.54) is 6.42 Å². The maximum atomic E-state index is 12.3. The molecule has 5 rings (SSSR count). The van der Waals surface area contributed by atoms with Crippen molar-refractivity contribution < 1.29 is 19.1 Å². The standard InChI is InChI=1S/C26H37N3O4/c1-26(8-9-26)33-25(31)29-12-5-18(6-13-29)22-15-19(22)7-14-32-21-4-3-20(23(27)17-21)16-24(30)28-10-2-11-28/h3-4,17-19,22H,2,5-16,27H2,1H3/t19?,22-/m1/s1. The van der Waals surface area contributed by atoms with Crippen molar-refractivity contribution in [2.75, 3.05) is 38.5 Å². The molecule has 0 bridgehead atoms. The highest BCUT2D eigenvalue weighted by Crippen LogP contribution is 2.50. The number of ether oxygens (including phenoxy) is 2. The van der Waals surface area contributed by atoms with Crippen molar-refractivity contribution in [3.05, 3.63) is 23.8 Å². The predicted molar refractivity (Wildman–Crippen MR) is 126 cm³/mol. The Morgan fingerprint density at radius 2 is 1.88 bits per heavy atom. The number of carbonyl (C=O) groups is 2. The highest BCUT2D eigenvalue weighted by Gasteiger charge is 2.45. The molecule has 0 aromatic heterocycles. The number of nitrogens with zero attached hydrogens (tertiary/aromatic N) is 2. The van der Waals surface area contributed by atoms with Crippen LogP contribution in [0.25, 0.3) is 0 Å². The average Bonchev–Trinajstić information content (AvgIpc) is 3.67. The first-order valence-corrected chi connectivity index (χ1v) is 12.7. The number of anilines is 1. The van der Waals surface area contributed by atoms with E-state index in [0.29, 0.717) is 18.7 Å². The van der Waals surface area contributed by atoms with Gasteiger partial charge < -0.3 is 25.0 Å². The summed E-state index contributed by atoms with van der Waals surface area (Å²) in [4.78, 5) is 28.2. The molecule has 33 heavy (non-hydrogen) atoms. The topological polar surface area (TPSA) is 85.1 Å². The summed E-state index contributed by atoms with van der Waals surface area (Å²) >= 11 is 0. The number of rotatable bonds is 8. The molecule has 2 aliphatic heterocycles. The fourth-order valence-electron chi connectivity index (χ4n) is 5.24. The number of benzene rings is 1. The molecule has 2 heterocycles. The van der Waals surface area contributed by atoms with Gasteiger partial charge in [-0.3, -0.25) is 4.79 Å². The largest absolute Gasteiger partial charge is 0.494 e. The van der Waals surface area contributed by atoms with Gasteiger partial charge in [0, 0.05) is 37.9 Å². The summed E-state index contributed by atoms with van der Waals surface area (Å²) in [6, 6.07) is 5.70. The van der Waals surface area contributed by atoms with Crippen LogP contribution in [0.1, 0.15) is 57.4 Å². The van der Waals surface area contributed by atoms with E-state index in [0.717, 1.165) is 93.8 Å². The molecule has 4 aliphatic rings. The van der Waals surface area contributed by atoms with E-state index >= 15 is 0 Å². The lowest BCUT2D eigenvalue weighted by Crippen LogP contribution is -2.42. The minimum Gasteiger partial charge on any atom is -0.494 e. The first kappa shape index (κ1) is 22.4. The number of nitrogens with two attached hydrogens (primary N) is 1. The molecule has 2 saturated heterocycles. The third-order valence-electron chi connectivity index (χ3n) is 8.09. The van der Waals surface area contributed by atoms with Crippen molar-refractivity contribution in [1.29, 1.82) is 0 Å². The van der Waals surface area contributed by atoms with Crippen molar-refractivity contribution in [2.24, 2.45) is 17.8 Å². The molecule has 1 aromatic rings. The highest BCUT2D eigenvalue weighted by atomic mass is 16.6. The zero-order valence-electron chi connectivity index (χ0n) is 19.8. The van der Waals surface area contributed by atoms with E-state index in [4.69, 9.17) is 15.2 Å². The summed E-state index contributed by atoms with van der Waals surface area (Å²) in [6.45, 7) is 6.10. The van der Waals surface area contributed by atoms with E-state index in [9.17, 15) is 9.59 Å². The second-order valence-electron chi connectivity index (χ2n) is 10.7. The Balaban J connectivity index is 0.998. The third kappa shape index (κ3) is 5.39. The van der Waals surface area contributed by atoms with Gasteiger partial charge in [-0.2, -0.15) is 0 Å². The van der Waals surface area contributed by atoms with E-state index < -0.39 is 0 Å². The molecule has 1 aromatic carbocycles. The Kier molecular flexibility index (Phi) is 6.14. The van der Waals surface area contributed by atoms with Crippen LogP contribution >= 0.6 is 0 Å². The smallest absolute Gasteiger partial charge is 0.410 e. The van der Waals surface area contributed by atoms with Crippen LogP contribution in [0.15, 0.2) is 18.2 Å². The fraction of sp³-hybridized carbons (Fsp3) is 0.692. The zero-order chi connectivity index (χ0) is 23.0. The molecule has 0 spiro atoms. The number of amides is 2. The minimum atomic E-state index is -0.188. The Labute approximate surface area is 196 Å². The molecule has 4 fully saturated rings. The molecule has 2 amide bonds. The van der Waals surface area contributed by atoms with Gasteiger partial charge in [0.1, 0.15) is 11.4 Å². The maximum Gasteiger partial charge on any atom is 0.410 e. The fourth-order valence-corrected chi connectivity index (χ4v) is 5.24. The number of carbonyl (C=O) groups excluding carboxylic acids is 2. The zero-order valence-corrected chi connectivity index (χ0v) is 19.8. The maximum absolute atomic E-state index is 12.3. The molecule has 2 aliphatic carbocycles. The van der Waals surface area contributed by atoms with Gasteiger partial charge >= 0.3 is 6.09 Å². The van der Waals surface area contributed by atoms with Gasteiger partial charge in [0.05, 0.1) is 13.0 Å². The number of hydrogen-bond donors (Lipinski definition) is 1. The van der Waals surface area contributed by atoms with Gasteiger partial charge in [0.15, 0.2) is 0 Å². The molecule has 2 N–H and O–H groups in total. The molecule has 0 radical (unpaired) electrons. The summed E-state index contributed by atoms with van der Waals surface area (Å²) in [5, 5.41) is 0. The van der Waals surface area contributed by atoms with Gasteiger partial charge in [0.25, 0.3) is 0 Å². The van der Waals surface area contributed by atoms with E-state index in [-0.39, 0.29) is 17.6 Å². The number of hydrogen-bond acceptors (Lipinski definition) is 5. The molecular weight excluding hydrogens is 418 g/mol. The van der Waals surface area contributed by atoms with Crippen molar-refractivity contribution in [1.82, 2.24) is 9.80 Å². The van der Waals surface area contributed by atoms with Crippen molar-refractivity contribution in [3.63, 3.8) is 0 Å². The molecule has 180 valence electrons. The second kappa shape index (κ2) is 9.07. The second-order valence-corrected chi connectivity index (χ2v) is 10.7. The van der Waals surface area contributed by atoms with Crippen LogP contribution in [-0.2, 0) is 16.0 Å². The molecule has 2 atom stereocenters. The first-order chi connectivity index (χ1) is 15.9. The lowest BCUT2D eigenvalue weighted by Gasteiger charge is -2.32. The summed E-state index contributed by atoms with van der Waals surface area (Å²) in [7, 11) is 0. The lowest BCUT2D eigenvalue weighted by molar-refractivity contribution is -0.133. The molecule has 2 saturated carbocycles. The normalized spacial score (nSPS) is 25.8. The SMILES string of the molecule is CC1(OC(=O)N2CCC([C@H]3CC3CCOc3ccc(CC(=O)N4CCC4)c(N)c3)CC2)CC1. The average molecular weight is 456 g/mol. The number of likely N-dealkylation sites (tertiary alicyclic amines) is 2. The quantitative estimate of drug-likeness (QED) is 0.602. The predicted octanol–water partition coefficient (Wildman–Crippen LogP) is 3.85. The van der Waals surface area contributed by atoms with E-state index in [1.807, 2.05) is 34.9 Å². The summed E-state index contributed by atoms with van der Waals surface area (Å²) in [5.41, 5.74) is 7.50. The summed E-state index contributed by atoms with van der Waals surface area (Å²) < 4.78 is 11.6. The van der Waals surface area contributed by atoms with E-state index in [1.54, 1.807) is 0 Å². The van der Waals surface area contributed by atoms with Gasteiger partial charge in [0.2, 0.25) is 5.91 Å². The van der Waals surface area contributed by atoms with Gasteiger partial charge in [-0.1, -0.05) is 6.07 Å². The number of nitrogen functional groups attached to an aromatic ring is 1. The van der Waals surface area contributed by atoms with Gasteiger partial charge in [-0.25, -0.2) is 4.79 Å². The van der Waals surface area contributed by atoms with Gasteiger partial charge in [-0.15, -0.1) is 0 Å². The van der Waals surface area contributed by atoms with Crippen LogP contribution in [0.2, 0.25) is 0 Å². The molecule has 7 nitrogen and oxygen atoms in total. The molecular formula is C26H37N3O4. The summed E-state index contributed by atoms with van der Waals surface area (Å²) in [6.07, 6.45) is 7.84. The van der Waals surface area contributed by atoms with Gasteiger partial charge in [-0.05, 0) is 81.3 Å². The van der Waals surface area contributed by atoms with Crippen LogP contribution in [0.3, 0.4) is 0 Å². The van der Waals surface area contributed by atoms with Crippen molar-refractivity contribution in [2.45, 2.75) is 63.9 Å². The molecule has 7 heteroatoms. The van der Waals surface area contributed by atoms with Crippen LogP contribution in [0.4, 0.5) is 10.5 Å². The Hall–Kier alpha value is -2.44. The summed E-state index contributed by atoms with van der Waals surface area (Å²) in [5.74, 6) is 3.15. The van der Waals surface area contributed by atoms with Crippen LogP contribution in [-0.4, -0.2) is 60.2 Å². The Morgan fingerprint density at radius 3 is 2.52 bits per heavy atom. The third-order valence-corrected chi connectivity index (χ3v) is 8.09. The lowest BCUT2D eigenvalue weighted by atomic mass is 9.91. The minimum absolute atomic E-state index is 0.121. The van der Waals surface area contributed by atoms with Crippen LogP contribution in [0.5, 0.6) is 5.75 Å². The monoisotopic (exact) mass is 455 g/mol. The van der Waals surface area contributed by atoms with Crippen molar-refractivity contribution in [3.8, 4) is 5.75 Å². The van der Waals surface area contributed by atoms with Crippen LogP contribution in [0, 0.1) is 17.8 Å². The Morgan fingerprint density at radius 1 is 1.12 bits per heavy atom. The van der Waals surface area contributed by atoms with Crippen molar-refractivity contribution >= 4 is 17.7 Å². The number of piperidine rings is 1.